The summed E-state index contributed by atoms with van der Waals surface area (Å²) in [5, 5.41) is 37.1. The number of rotatable bonds is 7. The van der Waals surface area contributed by atoms with Crippen LogP contribution in [0.25, 0.3) is 23.2 Å². The van der Waals surface area contributed by atoms with Gasteiger partial charge in [-0.25, -0.2) is 9.35 Å². The fraction of sp³-hybridized carbons (Fsp3) is 0.143. The van der Waals surface area contributed by atoms with E-state index in [1.807, 2.05) is 0 Å². The summed E-state index contributed by atoms with van der Waals surface area (Å²) in [7, 11) is 0. The Hall–Kier alpha value is -4.76. The summed E-state index contributed by atoms with van der Waals surface area (Å²) in [5.41, 5.74) is 0. The molecule has 0 aliphatic rings. The maximum atomic E-state index is 10.7. The summed E-state index contributed by atoms with van der Waals surface area (Å²) in [6.07, 6.45) is 0.500. The van der Waals surface area contributed by atoms with E-state index >= 15 is 0 Å². The van der Waals surface area contributed by atoms with Gasteiger partial charge in [0.25, 0.3) is 0 Å². The minimum Gasteiger partial charge on any atom is -0.397 e. The van der Waals surface area contributed by atoms with Crippen molar-refractivity contribution in [1.29, 1.82) is 0 Å². The fourth-order valence-corrected chi connectivity index (χ4v) is 2.64. The molecular weight excluding hydrogens is 404 g/mol. The molecule has 0 spiro atoms. The van der Waals surface area contributed by atoms with Gasteiger partial charge in [0.15, 0.2) is 23.2 Å². The zero-order valence-corrected chi connectivity index (χ0v) is 14.9. The molecule has 0 atom stereocenters. The first-order chi connectivity index (χ1) is 14.3. The highest BCUT2D eigenvalue weighted by atomic mass is 16.7. The minimum absolute atomic E-state index is 0.0895. The molecule has 4 N–H and O–H groups in total. The van der Waals surface area contributed by atoms with Crippen LogP contribution in [0.5, 0.6) is 0 Å². The second-order valence-corrected chi connectivity index (χ2v) is 5.91. The maximum Gasteiger partial charge on any atom is 0.433 e. The highest BCUT2D eigenvalue weighted by molar-refractivity contribution is 5.50. The van der Waals surface area contributed by atoms with Crippen molar-refractivity contribution in [2.75, 3.05) is 11.7 Å². The van der Waals surface area contributed by atoms with Crippen molar-refractivity contribution in [2.45, 2.75) is 12.8 Å². The van der Waals surface area contributed by atoms with E-state index in [4.69, 9.17) is 20.5 Å². The van der Waals surface area contributed by atoms with Crippen molar-refractivity contribution in [3.05, 3.63) is 56.1 Å². The largest absolute Gasteiger partial charge is 0.433 e. The number of nitrogens with two attached hydrogens (primary N) is 2. The van der Waals surface area contributed by atoms with E-state index in [-0.39, 0.29) is 36.0 Å². The van der Waals surface area contributed by atoms with E-state index in [1.54, 1.807) is 0 Å². The van der Waals surface area contributed by atoms with Gasteiger partial charge in [0, 0.05) is 12.8 Å². The number of nitrogens with zero attached hydrogens (tertiary/aromatic N) is 8. The molecule has 4 rings (SSSR count). The molecule has 4 aromatic heterocycles. The van der Waals surface area contributed by atoms with Crippen LogP contribution in [-0.2, 0) is 12.8 Å². The molecule has 0 saturated heterocycles. The van der Waals surface area contributed by atoms with Crippen molar-refractivity contribution in [1.82, 2.24) is 29.7 Å². The molecule has 0 aliphatic carbocycles. The maximum absolute atomic E-state index is 10.7. The number of hydrogen-bond donors (Lipinski definition) is 2. The van der Waals surface area contributed by atoms with Gasteiger partial charge >= 0.3 is 11.8 Å². The standard InChI is InChI=1S/C14H12N10O6/c15-21-9(17-19-13(21)7-1-5-11(29-7)23(25)26)3-4-10-18-20-14(22(10)16)8-2-6-12(30-8)24(27)28/h1-2,5-6H,3-4,15-16H2. The van der Waals surface area contributed by atoms with Crippen LogP contribution in [0.4, 0.5) is 11.8 Å². The van der Waals surface area contributed by atoms with Crippen LogP contribution in [-0.4, -0.2) is 39.6 Å². The van der Waals surface area contributed by atoms with Gasteiger partial charge in [-0.05, 0) is 12.1 Å². The van der Waals surface area contributed by atoms with Crippen molar-refractivity contribution >= 4 is 11.8 Å². The number of aryl methyl sites for hydroxylation is 2. The lowest BCUT2D eigenvalue weighted by molar-refractivity contribution is -0.402. The summed E-state index contributed by atoms with van der Waals surface area (Å²) in [5.74, 6) is 12.1. The van der Waals surface area contributed by atoms with E-state index in [1.165, 1.54) is 24.3 Å². The summed E-state index contributed by atoms with van der Waals surface area (Å²) < 4.78 is 12.4. The Bertz CT molecular complexity index is 1150. The highest BCUT2D eigenvalue weighted by Crippen LogP contribution is 2.25. The molecule has 0 amide bonds. The first-order valence-electron chi connectivity index (χ1n) is 8.23. The zero-order chi connectivity index (χ0) is 21.4. The van der Waals surface area contributed by atoms with Crippen LogP contribution in [0.3, 0.4) is 0 Å². The van der Waals surface area contributed by atoms with Gasteiger partial charge in [0.1, 0.15) is 9.85 Å². The molecule has 16 nitrogen and oxygen atoms in total. The molecule has 0 unspecified atom stereocenters. The van der Waals surface area contributed by atoms with E-state index in [0.717, 1.165) is 9.35 Å². The molecule has 0 radical (unpaired) electrons. The molecule has 0 fully saturated rings. The Morgan fingerprint density at radius 1 is 0.767 bits per heavy atom. The third-order valence-electron chi connectivity index (χ3n) is 4.09. The first-order valence-corrected chi connectivity index (χ1v) is 8.23. The van der Waals surface area contributed by atoms with Crippen molar-refractivity contribution in [2.24, 2.45) is 0 Å². The van der Waals surface area contributed by atoms with E-state index < -0.39 is 21.6 Å². The SMILES string of the molecule is Nn1c(CCc2nnc(-c3ccc([N+](=O)[O-])o3)n2N)nnc1-c1ccc([N+](=O)[O-])o1. The average Bonchev–Trinajstić information content (AvgIpc) is 3.46. The van der Waals surface area contributed by atoms with Crippen molar-refractivity contribution in [3.63, 3.8) is 0 Å². The van der Waals surface area contributed by atoms with Gasteiger partial charge in [-0.15, -0.1) is 20.4 Å². The molecule has 4 heterocycles. The quantitative estimate of drug-likeness (QED) is 0.237. The van der Waals surface area contributed by atoms with Gasteiger partial charge < -0.3 is 20.5 Å². The van der Waals surface area contributed by atoms with Gasteiger partial charge in [-0.1, -0.05) is 0 Å². The lowest BCUT2D eigenvalue weighted by atomic mass is 10.3. The third kappa shape index (κ3) is 3.17. The number of nitrogen functional groups attached to an aromatic ring is 2. The molecule has 0 aromatic carbocycles. The summed E-state index contributed by atoms with van der Waals surface area (Å²) in [6.45, 7) is 0. The molecule has 0 bridgehead atoms. The van der Waals surface area contributed by atoms with Crippen LogP contribution in [0.1, 0.15) is 11.6 Å². The molecule has 4 aromatic rings. The Kier molecular flexibility index (Phi) is 4.34. The summed E-state index contributed by atoms with van der Waals surface area (Å²) >= 11 is 0. The third-order valence-corrected chi connectivity index (χ3v) is 4.09. The molecule has 0 saturated carbocycles. The lowest BCUT2D eigenvalue weighted by Gasteiger charge is -2.03. The Morgan fingerprint density at radius 2 is 1.17 bits per heavy atom. The van der Waals surface area contributed by atoms with Crippen LogP contribution < -0.4 is 11.7 Å². The number of hydrogen-bond acceptors (Lipinski definition) is 12. The highest BCUT2D eigenvalue weighted by Gasteiger charge is 2.21. The van der Waals surface area contributed by atoms with Crippen LogP contribution in [0.2, 0.25) is 0 Å². The minimum atomic E-state index is -0.680. The lowest BCUT2D eigenvalue weighted by Crippen LogP contribution is -2.18. The van der Waals surface area contributed by atoms with Gasteiger partial charge in [-0.3, -0.25) is 20.2 Å². The first kappa shape index (κ1) is 18.6. The zero-order valence-electron chi connectivity index (χ0n) is 14.9. The van der Waals surface area contributed by atoms with E-state index in [0.29, 0.717) is 11.6 Å². The van der Waals surface area contributed by atoms with E-state index in [2.05, 4.69) is 20.4 Å². The average molecular weight is 416 g/mol. The predicted octanol–water partition coefficient (Wildman–Crippen LogP) is 0.419. The smallest absolute Gasteiger partial charge is 0.397 e. The summed E-state index contributed by atoms with van der Waals surface area (Å²) in [4.78, 5) is 20.1. The fourth-order valence-electron chi connectivity index (χ4n) is 2.64. The Labute approximate surface area is 165 Å². The normalized spacial score (nSPS) is 11.1. The molecular formula is C14H12N10O6. The number of nitro groups is 2. The van der Waals surface area contributed by atoms with Gasteiger partial charge in [0.2, 0.25) is 11.6 Å². The summed E-state index contributed by atoms with van der Waals surface area (Å²) in [6, 6.07) is 5.09. The molecule has 154 valence electrons. The molecule has 0 aliphatic heterocycles. The number of aromatic nitrogens is 6. The van der Waals surface area contributed by atoms with E-state index in [9.17, 15) is 20.2 Å². The second-order valence-electron chi connectivity index (χ2n) is 5.91. The molecule has 16 heteroatoms. The monoisotopic (exact) mass is 416 g/mol. The van der Waals surface area contributed by atoms with Crippen LogP contribution in [0, 0.1) is 20.2 Å². The number of furan rings is 2. The van der Waals surface area contributed by atoms with Crippen LogP contribution >= 0.6 is 0 Å². The van der Waals surface area contributed by atoms with Gasteiger partial charge in [-0.2, -0.15) is 0 Å². The van der Waals surface area contributed by atoms with Crippen LogP contribution in [0.15, 0.2) is 33.1 Å². The molecule has 30 heavy (non-hydrogen) atoms. The second kappa shape index (κ2) is 7.00. The Morgan fingerprint density at radius 3 is 1.50 bits per heavy atom. The van der Waals surface area contributed by atoms with Crippen molar-refractivity contribution in [3.8, 4) is 23.2 Å². The van der Waals surface area contributed by atoms with Gasteiger partial charge in [0.05, 0.1) is 12.1 Å². The Balaban J connectivity index is 1.50. The van der Waals surface area contributed by atoms with Crippen molar-refractivity contribution < 1.29 is 18.7 Å². The topological polar surface area (TPSA) is 226 Å². The predicted molar refractivity (Wildman–Crippen MR) is 96.5 cm³/mol.